The maximum atomic E-state index is 11.8. The monoisotopic (exact) mass is 351 g/mol. The molecule has 4 N–H and O–H groups in total. The predicted octanol–water partition coefficient (Wildman–Crippen LogP) is 1.40. The fourth-order valence-electron chi connectivity index (χ4n) is 2.11. The van der Waals surface area contributed by atoms with Crippen molar-refractivity contribution < 1.29 is 18.3 Å². The number of aromatic amines is 2. The maximum absolute atomic E-state index is 11.8. The summed E-state index contributed by atoms with van der Waals surface area (Å²) in [5.74, 6) is -0.745. The van der Waals surface area contributed by atoms with Crippen molar-refractivity contribution in [2.75, 3.05) is 7.05 Å². The SMILES string of the molecule is CCC(=O)O.CNS(=O)(=O)c1ccc2[nH]c(=O)c3[nH]ccc3c2c1. The number of nitrogens with one attached hydrogen (secondary N) is 3. The molecule has 3 aromatic rings. The lowest BCUT2D eigenvalue weighted by atomic mass is 10.1. The summed E-state index contributed by atoms with van der Waals surface area (Å²) in [6.45, 7) is 1.60. The quantitative estimate of drug-likeness (QED) is 0.566. The van der Waals surface area contributed by atoms with Gasteiger partial charge in [-0.15, -0.1) is 0 Å². The van der Waals surface area contributed by atoms with Gasteiger partial charge in [-0.25, -0.2) is 13.1 Å². The molecule has 0 aliphatic rings. The first-order chi connectivity index (χ1) is 11.3. The highest BCUT2D eigenvalue weighted by Gasteiger charge is 2.13. The molecule has 0 aliphatic carbocycles. The van der Waals surface area contributed by atoms with Crippen molar-refractivity contribution in [1.82, 2.24) is 14.7 Å². The van der Waals surface area contributed by atoms with E-state index in [9.17, 15) is 18.0 Å². The molecule has 8 nitrogen and oxygen atoms in total. The zero-order chi connectivity index (χ0) is 17.9. The van der Waals surface area contributed by atoms with Gasteiger partial charge in [-0.1, -0.05) is 6.92 Å². The summed E-state index contributed by atoms with van der Waals surface area (Å²) in [4.78, 5) is 26.9. The topological polar surface area (TPSA) is 132 Å². The number of rotatable bonds is 3. The average Bonchev–Trinajstić information content (AvgIpc) is 3.05. The van der Waals surface area contributed by atoms with Crippen molar-refractivity contribution in [3.05, 3.63) is 40.8 Å². The van der Waals surface area contributed by atoms with Crippen LogP contribution in [0.1, 0.15) is 13.3 Å². The van der Waals surface area contributed by atoms with Crippen molar-refractivity contribution in [3.63, 3.8) is 0 Å². The third kappa shape index (κ3) is 3.47. The molecule has 0 spiro atoms. The summed E-state index contributed by atoms with van der Waals surface area (Å²) >= 11 is 0. The van der Waals surface area contributed by atoms with E-state index in [0.29, 0.717) is 21.8 Å². The lowest BCUT2D eigenvalue weighted by Gasteiger charge is -2.05. The van der Waals surface area contributed by atoms with Crippen LogP contribution in [0.4, 0.5) is 0 Å². The second kappa shape index (κ2) is 6.85. The molecule has 0 amide bonds. The number of benzene rings is 1. The van der Waals surface area contributed by atoms with E-state index in [1.807, 2.05) is 0 Å². The summed E-state index contributed by atoms with van der Waals surface area (Å²) in [5.41, 5.74) is 0.815. The van der Waals surface area contributed by atoms with Crippen molar-refractivity contribution in [2.24, 2.45) is 0 Å². The first kappa shape index (κ1) is 17.7. The first-order valence-electron chi connectivity index (χ1n) is 7.08. The average molecular weight is 351 g/mol. The molecule has 0 unspecified atom stereocenters. The predicted molar refractivity (Wildman–Crippen MR) is 90.6 cm³/mol. The lowest BCUT2D eigenvalue weighted by molar-refractivity contribution is -0.136. The van der Waals surface area contributed by atoms with Crippen LogP contribution in [0.3, 0.4) is 0 Å². The Morgan fingerprint density at radius 2 is 1.92 bits per heavy atom. The van der Waals surface area contributed by atoms with Crippen LogP contribution in [-0.4, -0.2) is 36.5 Å². The van der Waals surface area contributed by atoms with Gasteiger partial charge in [0.1, 0.15) is 5.52 Å². The molecule has 2 heterocycles. The van der Waals surface area contributed by atoms with E-state index in [4.69, 9.17) is 5.11 Å². The molecule has 2 aromatic heterocycles. The Labute approximate surface area is 137 Å². The van der Waals surface area contributed by atoms with Gasteiger partial charge in [-0.05, 0) is 31.3 Å². The van der Waals surface area contributed by atoms with Crippen molar-refractivity contribution in [3.8, 4) is 0 Å². The molecular weight excluding hydrogens is 334 g/mol. The molecular formula is C15H17N3O5S. The van der Waals surface area contributed by atoms with Crippen LogP contribution in [0.2, 0.25) is 0 Å². The molecule has 0 aliphatic heterocycles. The van der Waals surface area contributed by atoms with Crippen LogP contribution >= 0.6 is 0 Å². The van der Waals surface area contributed by atoms with E-state index in [0.717, 1.165) is 0 Å². The number of fused-ring (bicyclic) bond motifs is 3. The molecule has 0 bridgehead atoms. The van der Waals surface area contributed by atoms with Crippen LogP contribution in [-0.2, 0) is 14.8 Å². The Balaban J connectivity index is 0.000000368. The van der Waals surface area contributed by atoms with E-state index in [1.165, 1.54) is 13.1 Å². The zero-order valence-corrected chi connectivity index (χ0v) is 13.9. The first-order valence-corrected chi connectivity index (χ1v) is 8.57. The number of aliphatic carboxylic acids is 1. The highest BCUT2D eigenvalue weighted by Crippen LogP contribution is 2.23. The van der Waals surface area contributed by atoms with E-state index >= 15 is 0 Å². The summed E-state index contributed by atoms with van der Waals surface area (Å²) in [5, 5.41) is 9.11. The molecule has 0 fully saturated rings. The van der Waals surface area contributed by atoms with E-state index in [-0.39, 0.29) is 16.9 Å². The zero-order valence-electron chi connectivity index (χ0n) is 13.1. The lowest BCUT2D eigenvalue weighted by Crippen LogP contribution is -2.18. The van der Waals surface area contributed by atoms with Crippen molar-refractivity contribution in [1.29, 1.82) is 0 Å². The van der Waals surface area contributed by atoms with Gasteiger partial charge in [0, 0.05) is 28.9 Å². The number of pyridine rings is 1. The summed E-state index contributed by atoms with van der Waals surface area (Å²) in [7, 11) is -2.14. The smallest absolute Gasteiger partial charge is 0.303 e. The highest BCUT2D eigenvalue weighted by atomic mass is 32.2. The molecule has 9 heteroatoms. The Hall–Kier alpha value is -2.65. The van der Waals surface area contributed by atoms with Gasteiger partial charge in [0.2, 0.25) is 10.0 Å². The molecule has 3 rings (SSSR count). The van der Waals surface area contributed by atoms with E-state index in [1.54, 1.807) is 31.3 Å². The molecule has 128 valence electrons. The van der Waals surface area contributed by atoms with Crippen LogP contribution in [0.5, 0.6) is 0 Å². The summed E-state index contributed by atoms with van der Waals surface area (Å²) in [6, 6.07) is 6.35. The number of hydrogen-bond donors (Lipinski definition) is 4. The number of carbonyl (C=O) groups is 1. The second-order valence-corrected chi connectivity index (χ2v) is 6.77. The van der Waals surface area contributed by atoms with Gasteiger partial charge < -0.3 is 15.1 Å². The number of aromatic nitrogens is 2. The minimum absolute atomic E-state index is 0.164. The molecule has 0 saturated carbocycles. The largest absolute Gasteiger partial charge is 0.481 e. The van der Waals surface area contributed by atoms with E-state index < -0.39 is 16.0 Å². The molecule has 0 atom stereocenters. The Morgan fingerprint density at radius 1 is 1.25 bits per heavy atom. The number of carboxylic acid groups (broad SMARTS) is 1. The maximum Gasteiger partial charge on any atom is 0.303 e. The second-order valence-electron chi connectivity index (χ2n) is 4.88. The Bertz CT molecular complexity index is 1050. The minimum Gasteiger partial charge on any atom is -0.481 e. The van der Waals surface area contributed by atoms with Gasteiger partial charge >= 0.3 is 5.97 Å². The summed E-state index contributed by atoms with van der Waals surface area (Å²) < 4.78 is 25.9. The molecule has 1 aromatic carbocycles. The van der Waals surface area contributed by atoms with Crippen molar-refractivity contribution >= 4 is 37.8 Å². The van der Waals surface area contributed by atoms with Crippen LogP contribution in [0, 0.1) is 0 Å². The number of hydrogen-bond acceptors (Lipinski definition) is 4. The minimum atomic E-state index is -3.50. The van der Waals surface area contributed by atoms with Gasteiger partial charge in [0.25, 0.3) is 5.56 Å². The van der Waals surface area contributed by atoms with Crippen LogP contribution in [0.25, 0.3) is 21.8 Å². The van der Waals surface area contributed by atoms with Gasteiger partial charge in [-0.2, -0.15) is 0 Å². The Kier molecular flexibility index (Phi) is 5.05. The summed E-state index contributed by atoms with van der Waals surface area (Å²) in [6.07, 6.45) is 1.87. The fourth-order valence-corrected chi connectivity index (χ4v) is 2.86. The van der Waals surface area contributed by atoms with Gasteiger partial charge in [0.15, 0.2) is 0 Å². The number of carboxylic acids is 1. The normalized spacial score (nSPS) is 11.2. The van der Waals surface area contributed by atoms with Crippen molar-refractivity contribution in [2.45, 2.75) is 18.2 Å². The Morgan fingerprint density at radius 3 is 2.50 bits per heavy atom. The van der Waals surface area contributed by atoms with Crippen LogP contribution < -0.4 is 10.3 Å². The molecule has 0 saturated heterocycles. The van der Waals surface area contributed by atoms with Gasteiger partial charge in [0.05, 0.1) is 4.90 Å². The third-order valence-electron chi connectivity index (χ3n) is 3.38. The molecule has 24 heavy (non-hydrogen) atoms. The van der Waals surface area contributed by atoms with E-state index in [2.05, 4.69) is 14.7 Å². The third-order valence-corrected chi connectivity index (χ3v) is 4.80. The molecule has 0 radical (unpaired) electrons. The standard InChI is InChI=1S/C12H11N3O3S.C3H6O2/c1-13-19(17,18)7-2-3-10-9(6-7)8-4-5-14-11(8)12(16)15-10;1-2-3(4)5/h2-6,13-14H,1H3,(H,15,16);2H2,1H3,(H,4,5). The number of sulfonamides is 1. The van der Waals surface area contributed by atoms with Crippen LogP contribution in [0.15, 0.2) is 40.2 Å². The fraction of sp³-hybridized carbons (Fsp3) is 0.200. The van der Waals surface area contributed by atoms with Gasteiger partial charge in [-0.3, -0.25) is 9.59 Å². The number of H-pyrrole nitrogens is 2. The highest BCUT2D eigenvalue weighted by molar-refractivity contribution is 7.89.